The van der Waals surface area contributed by atoms with Crippen LogP contribution in [0.4, 0.5) is 0 Å². The Balaban J connectivity index is 3.05. The van der Waals surface area contributed by atoms with Crippen molar-refractivity contribution in [2.75, 3.05) is 0 Å². The lowest BCUT2D eigenvalue weighted by Gasteiger charge is -2.07. The summed E-state index contributed by atoms with van der Waals surface area (Å²) in [5.74, 6) is 0.432. The van der Waals surface area contributed by atoms with Crippen molar-refractivity contribution < 1.29 is 5.11 Å². The molecule has 0 saturated heterocycles. The van der Waals surface area contributed by atoms with Crippen molar-refractivity contribution in [1.82, 2.24) is 0 Å². The molecule has 0 aliphatic carbocycles. The topological polar surface area (TPSA) is 20.2 Å². The van der Waals surface area contributed by atoms with Crippen LogP contribution in [0, 0.1) is 0 Å². The van der Waals surface area contributed by atoms with E-state index >= 15 is 0 Å². The first kappa shape index (κ1) is 10.6. The number of aromatic hydroxyl groups is 1. The van der Waals surface area contributed by atoms with Gasteiger partial charge in [0.2, 0.25) is 0 Å². The van der Waals surface area contributed by atoms with Gasteiger partial charge in [-0.25, -0.2) is 0 Å². The molecule has 72 valence electrons. The number of benzene rings is 1. The molecule has 0 aromatic heterocycles. The predicted octanol–water partition coefficient (Wildman–Crippen LogP) is 3.67. The van der Waals surface area contributed by atoms with Gasteiger partial charge in [0, 0.05) is 4.47 Å². The van der Waals surface area contributed by atoms with Gasteiger partial charge < -0.3 is 5.11 Å². The fourth-order valence-electron chi connectivity index (χ4n) is 1.39. The quantitative estimate of drug-likeness (QED) is 0.858. The summed E-state index contributed by atoms with van der Waals surface area (Å²) < 4.78 is 1.11. The minimum atomic E-state index is 0.432. The first-order valence-electron chi connectivity index (χ1n) is 4.69. The van der Waals surface area contributed by atoms with E-state index in [1.165, 1.54) is 0 Å². The van der Waals surface area contributed by atoms with Gasteiger partial charge >= 0.3 is 0 Å². The highest BCUT2D eigenvalue weighted by atomic mass is 79.9. The Labute approximate surface area is 87.9 Å². The number of phenolic OH excluding ortho intramolecular Hbond substituents is 1. The van der Waals surface area contributed by atoms with E-state index in [0.717, 1.165) is 34.9 Å². The zero-order valence-electron chi connectivity index (χ0n) is 8.10. The minimum Gasteiger partial charge on any atom is -0.508 e. The van der Waals surface area contributed by atoms with E-state index in [0.29, 0.717) is 5.75 Å². The maximum absolute atomic E-state index is 9.66. The molecule has 2 heteroatoms. The molecule has 1 rings (SSSR count). The van der Waals surface area contributed by atoms with Crippen molar-refractivity contribution >= 4 is 15.9 Å². The lowest BCUT2D eigenvalue weighted by Crippen LogP contribution is -1.89. The zero-order valence-corrected chi connectivity index (χ0v) is 9.69. The van der Waals surface area contributed by atoms with Gasteiger partial charge in [0.25, 0.3) is 0 Å². The van der Waals surface area contributed by atoms with E-state index in [-0.39, 0.29) is 0 Å². The van der Waals surface area contributed by atoms with Gasteiger partial charge in [-0.2, -0.15) is 0 Å². The van der Waals surface area contributed by atoms with Gasteiger partial charge in [-0.05, 0) is 36.1 Å². The largest absolute Gasteiger partial charge is 0.508 e. The molecule has 0 radical (unpaired) electrons. The number of hydrogen-bond acceptors (Lipinski definition) is 1. The van der Waals surface area contributed by atoms with Gasteiger partial charge in [-0.3, -0.25) is 0 Å². The molecule has 1 aromatic rings. The van der Waals surface area contributed by atoms with Crippen LogP contribution in [-0.4, -0.2) is 5.11 Å². The van der Waals surface area contributed by atoms with E-state index in [4.69, 9.17) is 0 Å². The van der Waals surface area contributed by atoms with Gasteiger partial charge in [0.15, 0.2) is 0 Å². The fraction of sp³-hybridized carbons (Fsp3) is 0.455. The third kappa shape index (κ3) is 2.47. The number of aryl methyl sites for hydroxylation is 2. The smallest absolute Gasteiger partial charge is 0.119 e. The molecule has 13 heavy (non-hydrogen) atoms. The SMILES string of the molecule is CCCc1cc(Br)c(CC)cc1O. The van der Waals surface area contributed by atoms with Gasteiger partial charge in [0.1, 0.15) is 5.75 Å². The molecule has 0 unspecified atom stereocenters. The summed E-state index contributed by atoms with van der Waals surface area (Å²) in [6.45, 7) is 4.19. The number of hydrogen-bond donors (Lipinski definition) is 1. The molecule has 0 aliphatic heterocycles. The van der Waals surface area contributed by atoms with Crippen molar-refractivity contribution in [3.8, 4) is 5.75 Å². The van der Waals surface area contributed by atoms with Gasteiger partial charge in [-0.15, -0.1) is 0 Å². The molecule has 0 spiro atoms. The summed E-state index contributed by atoms with van der Waals surface area (Å²) in [4.78, 5) is 0. The van der Waals surface area contributed by atoms with E-state index < -0.39 is 0 Å². The van der Waals surface area contributed by atoms with Crippen LogP contribution >= 0.6 is 15.9 Å². The molecule has 0 heterocycles. The third-order valence-corrected chi connectivity index (χ3v) is 2.89. The van der Waals surface area contributed by atoms with E-state index in [1.807, 2.05) is 12.1 Å². The fourth-order valence-corrected chi connectivity index (χ4v) is 2.06. The Morgan fingerprint density at radius 3 is 2.46 bits per heavy atom. The lowest BCUT2D eigenvalue weighted by atomic mass is 10.1. The van der Waals surface area contributed by atoms with Crippen LogP contribution in [0.1, 0.15) is 31.4 Å². The molecule has 1 aromatic carbocycles. The standard InChI is InChI=1S/C11H15BrO/c1-3-5-9-6-10(12)8(4-2)7-11(9)13/h6-7,13H,3-5H2,1-2H3. The molecule has 0 saturated carbocycles. The molecule has 0 amide bonds. The van der Waals surface area contributed by atoms with Gasteiger partial charge in [-0.1, -0.05) is 36.2 Å². The van der Waals surface area contributed by atoms with Crippen LogP contribution in [0.25, 0.3) is 0 Å². The molecular formula is C11H15BrO. The minimum absolute atomic E-state index is 0.432. The number of phenols is 1. The summed E-state index contributed by atoms with van der Waals surface area (Å²) in [5.41, 5.74) is 2.20. The summed E-state index contributed by atoms with van der Waals surface area (Å²) in [6.07, 6.45) is 2.94. The predicted molar refractivity (Wildman–Crippen MR) is 59.2 cm³/mol. The second-order valence-corrected chi connectivity index (χ2v) is 4.03. The Bertz CT molecular complexity index is 294. The first-order valence-corrected chi connectivity index (χ1v) is 5.48. The Morgan fingerprint density at radius 1 is 1.23 bits per heavy atom. The normalized spacial score (nSPS) is 10.4. The van der Waals surface area contributed by atoms with E-state index in [9.17, 15) is 5.11 Å². The monoisotopic (exact) mass is 242 g/mol. The van der Waals surface area contributed by atoms with E-state index in [2.05, 4.69) is 29.8 Å². The highest BCUT2D eigenvalue weighted by Gasteiger charge is 2.05. The van der Waals surface area contributed by atoms with Crippen molar-refractivity contribution in [3.63, 3.8) is 0 Å². The first-order chi connectivity index (χ1) is 6.19. The highest BCUT2D eigenvalue weighted by molar-refractivity contribution is 9.10. The van der Waals surface area contributed by atoms with E-state index in [1.54, 1.807) is 0 Å². The van der Waals surface area contributed by atoms with Gasteiger partial charge in [0.05, 0.1) is 0 Å². The summed E-state index contributed by atoms with van der Waals surface area (Å²) in [6, 6.07) is 3.88. The maximum Gasteiger partial charge on any atom is 0.119 e. The van der Waals surface area contributed by atoms with Crippen molar-refractivity contribution in [2.24, 2.45) is 0 Å². The maximum atomic E-state index is 9.66. The number of halogens is 1. The highest BCUT2D eigenvalue weighted by Crippen LogP contribution is 2.27. The second kappa shape index (κ2) is 4.66. The lowest BCUT2D eigenvalue weighted by molar-refractivity contribution is 0.466. The molecule has 0 fully saturated rings. The molecular weight excluding hydrogens is 228 g/mol. The Kier molecular flexibility index (Phi) is 3.79. The van der Waals surface area contributed by atoms with Crippen LogP contribution in [-0.2, 0) is 12.8 Å². The van der Waals surface area contributed by atoms with Crippen LogP contribution in [0.3, 0.4) is 0 Å². The zero-order chi connectivity index (χ0) is 9.84. The molecule has 1 N–H and O–H groups in total. The van der Waals surface area contributed by atoms with Crippen LogP contribution < -0.4 is 0 Å². The van der Waals surface area contributed by atoms with Crippen molar-refractivity contribution in [3.05, 3.63) is 27.7 Å². The second-order valence-electron chi connectivity index (χ2n) is 3.18. The van der Waals surface area contributed by atoms with Crippen molar-refractivity contribution in [2.45, 2.75) is 33.1 Å². The summed E-state index contributed by atoms with van der Waals surface area (Å²) in [7, 11) is 0. The Hall–Kier alpha value is -0.500. The average Bonchev–Trinajstić information content (AvgIpc) is 2.11. The average molecular weight is 243 g/mol. The molecule has 1 nitrogen and oxygen atoms in total. The van der Waals surface area contributed by atoms with Crippen molar-refractivity contribution in [1.29, 1.82) is 0 Å². The summed E-state index contributed by atoms with van der Waals surface area (Å²) in [5, 5.41) is 9.66. The van der Waals surface area contributed by atoms with Crippen LogP contribution in [0.2, 0.25) is 0 Å². The van der Waals surface area contributed by atoms with Crippen LogP contribution in [0.15, 0.2) is 16.6 Å². The molecule has 0 bridgehead atoms. The molecule has 0 atom stereocenters. The Morgan fingerprint density at radius 2 is 1.92 bits per heavy atom. The number of rotatable bonds is 3. The van der Waals surface area contributed by atoms with Crippen LogP contribution in [0.5, 0.6) is 5.75 Å². The third-order valence-electron chi connectivity index (χ3n) is 2.15. The summed E-state index contributed by atoms with van der Waals surface area (Å²) >= 11 is 3.50. The molecule has 0 aliphatic rings.